The van der Waals surface area contributed by atoms with E-state index in [0.717, 1.165) is 28.9 Å². The van der Waals surface area contributed by atoms with E-state index in [4.69, 9.17) is 0 Å². The van der Waals surface area contributed by atoms with Crippen LogP contribution in [0.3, 0.4) is 0 Å². The summed E-state index contributed by atoms with van der Waals surface area (Å²) in [5.74, 6) is -0.788. The molecule has 1 fully saturated rings. The molecule has 10 heteroatoms. The van der Waals surface area contributed by atoms with Gasteiger partial charge in [-0.3, -0.25) is 4.40 Å². The molecular formula is C19H23F3N4O2S. The van der Waals surface area contributed by atoms with Crippen LogP contribution in [0.4, 0.5) is 13.2 Å². The predicted octanol–water partition coefficient (Wildman–Crippen LogP) is 4.10. The Morgan fingerprint density at radius 2 is 2.03 bits per heavy atom. The van der Waals surface area contributed by atoms with Crippen molar-refractivity contribution in [3.63, 3.8) is 0 Å². The van der Waals surface area contributed by atoms with Gasteiger partial charge in [-0.2, -0.15) is 13.2 Å². The van der Waals surface area contributed by atoms with Crippen molar-refractivity contribution in [1.29, 1.82) is 0 Å². The van der Waals surface area contributed by atoms with Gasteiger partial charge in [0.25, 0.3) is 0 Å². The molecule has 158 valence electrons. The number of imidazole rings is 1. The van der Waals surface area contributed by atoms with Crippen molar-refractivity contribution in [2.75, 3.05) is 11.5 Å². The molecule has 0 bridgehead atoms. The van der Waals surface area contributed by atoms with E-state index >= 15 is 0 Å². The Kier molecular flexibility index (Phi) is 5.08. The summed E-state index contributed by atoms with van der Waals surface area (Å²) in [6, 6.07) is 1.93. The maximum absolute atomic E-state index is 12.4. The highest BCUT2D eigenvalue weighted by Crippen LogP contribution is 2.45. The summed E-state index contributed by atoms with van der Waals surface area (Å²) in [7, 11) is -3.75. The minimum Gasteiger partial charge on any atom is -0.345 e. The summed E-state index contributed by atoms with van der Waals surface area (Å²) in [6.07, 6.45) is 1.78. The van der Waals surface area contributed by atoms with Crippen molar-refractivity contribution in [3.05, 3.63) is 30.4 Å². The Bertz CT molecular complexity index is 1120. The number of rotatable bonds is 6. The summed E-state index contributed by atoms with van der Waals surface area (Å²) in [5.41, 5.74) is 3.39. The number of alkyl halides is 3. The zero-order valence-electron chi connectivity index (χ0n) is 16.0. The average Bonchev–Trinajstić information content (AvgIpc) is 3.35. The van der Waals surface area contributed by atoms with Crippen LogP contribution in [0.2, 0.25) is 0 Å². The Balaban J connectivity index is 1.58. The molecule has 1 N–H and O–H groups in total. The molecular weight excluding hydrogens is 405 g/mol. The lowest BCUT2D eigenvalue weighted by molar-refractivity contribution is -0.129. The molecule has 0 aliphatic heterocycles. The highest BCUT2D eigenvalue weighted by atomic mass is 32.2. The highest BCUT2D eigenvalue weighted by molar-refractivity contribution is 7.91. The van der Waals surface area contributed by atoms with Gasteiger partial charge < -0.3 is 4.98 Å². The highest BCUT2D eigenvalue weighted by Gasteiger charge is 2.39. The predicted molar refractivity (Wildman–Crippen MR) is 103 cm³/mol. The lowest BCUT2D eigenvalue weighted by atomic mass is 9.91. The fourth-order valence-corrected chi connectivity index (χ4v) is 6.36. The number of sulfone groups is 1. The topological polar surface area (TPSA) is 80.1 Å². The monoisotopic (exact) mass is 428 g/mol. The number of hydrogen-bond donors (Lipinski definition) is 1. The molecule has 0 radical (unpaired) electrons. The SMILES string of the molecule is CC[C@@H]1C[C@H](CS(=O)(=O)CCC(F)(F)F)C[C@@H]1c1cnc2cnc3[nH]ccc3n12. The molecule has 1 aliphatic rings. The molecule has 29 heavy (non-hydrogen) atoms. The van der Waals surface area contributed by atoms with Gasteiger partial charge >= 0.3 is 6.18 Å². The van der Waals surface area contributed by atoms with E-state index in [2.05, 4.69) is 21.9 Å². The molecule has 4 rings (SSSR count). The Morgan fingerprint density at radius 3 is 2.76 bits per heavy atom. The van der Waals surface area contributed by atoms with Crippen LogP contribution >= 0.6 is 0 Å². The van der Waals surface area contributed by atoms with Crippen molar-refractivity contribution in [3.8, 4) is 0 Å². The van der Waals surface area contributed by atoms with Gasteiger partial charge in [-0.15, -0.1) is 0 Å². The second kappa shape index (κ2) is 7.30. The number of aromatic nitrogens is 4. The summed E-state index contributed by atoms with van der Waals surface area (Å²) in [5, 5.41) is 0. The Hall–Kier alpha value is -2.10. The number of halogens is 3. The third-order valence-corrected chi connectivity index (χ3v) is 7.76. The number of H-pyrrole nitrogens is 1. The zero-order valence-corrected chi connectivity index (χ0v) is 16.8. The minimum absolute atomic E-state index is 0.110. The maximum Gasteiger partial charge on any atom is 0.390 e. The van der Waals surface area contributed by atoms with Crippen LogP contribution in [0.15, 0.2) is 24.7 Å². The van der Waals surface area contributed by atoms with Gasteiger partial charge in [-0.25, -0.2) is 18.4 Å². The van der Waals surface area contributed by atoms with Gasteiger partial charge in [-0.1, -0.05) is 13.3 Å². The van der Waals surface area contributed by atoms with E-state index in [1.165, 1.54) is 0 Å². The molecule has 0 saturated heterocycles. The average molecular weight is 428 g/mol. The number of aromatic amines is 1. The van der Waals surface area contributed by atoms with Crippen molar-refractivity contribution in [1.82, 2.24) is 19.4 Å². The first-order valence-corrected chi connectivity index (χ1v) is 11.6. The second-order valence-corrected chi connectivity index (χ2v) is 10.2. The fraction of sp³-hybridized carbons (Fsp3) is 0.579. The van der Waals surface area contributed by atoms with Crippen LogP contribution in [0.1, 0.15) is 44.2 Å². The number of fused-ring (bicyclic) bond motifs is 3. The van der Waals surface area contributed by atoms with Crippen LogP contribution < -0.4 is 0 Å². The van der Waals surface area contributed by atoms with Crippen molar-refractivity contribution < 1.29 is 21.6 Å². The van der Waals surface area contributed by atoms with E-state index in [9.17, 15) is 21.6 Å². The molecule has 1 saturated carbocycles. The van der Waals surface area contributed by atoms with Gasteiger partial charge in [0.1, 0.15) is 0 Å². The third-order valence-electron chi connectivity index (χ3n) is 5.95. The third kappa shape index (κ3) is 4.12. The van der Waals surface area contributed by atoms with Crippen molar-refractivity contribution >= 4 is 26.6 Å². The van der Waals surface area contributed by atoms with Crippen molar-refractivity contribution in [2.45, 2.75) is 44.7 Å². The zero-order chi connectivity index (χ0) is 20.8. The Labute approximate surface area is 166 Å². The van der Waals surface area contributed by atoms with E-state index in [-0.39, 0.29) is 23.5 Å². The molecule has 1 aliphatic carbocycles. The van der Waals surface area contributed by atoms with E-state index in [0.29, 0.717) is 12.8 Å². The molecule has 0 amide bonds. The summed E-state index contributed by atoms with van der Waals surface area (Å²) < 4.78 is 63.8. The second-order valence-electron chi connectivity index (χ2n) is 7.94. The summed E-state index contributed by atoms with van der Waals surface area (Å²) in [6.45, 7) is 2.06. The first-order valence-electron chi connectivity index (χ1n) is 9.73. The normalized spacial score (nSPS) is 23.4. The minimum atomic E-state index is -4.45. The van der Waals surface area contributed by atoms with E-state index in [1.54, 1.807) is 6.20 Å². The molecule has 0 spiro atoms. The molecule has 3 aromatic heterocycles. The lowest BCUT2D eigenvalue weighted by Gasteiger charge is -2.17. The van der Waals surface area contributed by atoms with Gasteiger partial charge in [0.15, 0.2) is 21.1 Å². The van der Waals surface area contributed by atoms with Gasteiger partial charge in [0.05, 0.1) is 29.6 Å². The fourth-order valence-electron chi connectivity index (χ4n) is 4.66. The van der Waals surface area contributed by atoms with Crippen LogP contribution in [0.5, 0.6) is 0 Å². The maximum atomic E-state index is 12.4. The summed E-state index contributed by atoms with van der Waals surface area (Å²) >= 11 is 0. The summed E-state index contributed by atoms with van der Waals surface area (Å²) in [4.78, 5) is 11.9. The molecule has 0 unspecified atom stereocenters. The van der Waals surface area contributed by atoms with Crippen LogP contribution in [-0.4, -0.2) is 45.5 Å². The van der Waals surface area contributed by atoms with Crippen LogP contribution in [0, 0.1) is 11.8 Å². The quantitative estimate of drug-likeness (QED) is 0.641. The van der Waals surface area contributed by atoms with Crippen LogP contribution in [-0.2, 0) is 9.84 Å². The number of nitrogens with one attached hydrogen (secondary N) is 1. The largest absolute Gasteiger partial charge is 0.390 e. The van der Waals surface area contributed by atoms with Crippen LogP contribution in [0.25, 0.3) is 16.8 Å². The first kappa shape index (κ1) is 20.2. The van der Waals surface area contributed by atoms with E-state index < -0.39 is 28.2 Å². The molecule has 3 aromatic rings. The Morgan fingerprint density at radius 1 is 1.24 bits per heavy atom. The van der Waals surface area contributed by atoms with Gasteiger partial charge in [-0.05, 0) is 30.7 Å². The lowest BCUT2D eigenvalue weighted by Crippen LogP contribution is -2.22. The number of hydrogen-bond acceptors (Lipinski definition) is 4. The molecule has 3 atom stereocenters. The van der Waals surface area contributed by atoms with Gasteiger partial charge in [0, 0.05) is 24.0 Å². The molecule has 3 heterocycles. The standard InChI is InChI=1S/C19H23F3N4O2S/c1-2-13-7-12(11-29(27,28)6-4-19(20,21)22)8-14(13)16-9-24-17-10-25-18-15(26(16)17)3-5-23-18/h3,5,9-10,12-14,23H,2,4,6-8,11H2,1H3/t12-,13+,14-/m0/s1. The van der Waals surface area contributed by atoms with E-state index in [1.807, 2.05) is 22.9 Å². The molecule has 6 nitrogen and oxygen atoms in total. The van der Waals surface area contributed by atoms with Gasteiger partial charge in [0.2, 0.25) is 0 Å². The molecule has 0 aromatic carbocycles. The smallest absolute Gasteiger partial charge is 0.345 e. The van der Waals surface area contributed by atoms with Crippen molar-refractivity contribution in [2.24, 2.45) is 11.8 Å². The first-order chi connectivity index (χ1) is 13.7. The number of nitrogens with zero attached hydrogens (tertiary/aromatic N) is 3.